The average Bonchev–Trinajstić information content (AvgIpc) is 3.06. The van der Waals surface area contributed by atoms with Crippen LogP contribution in [0.2, 0.25) is 0 Å². The lowest BCUT2D eigenvalue weighted by molar-refractivity contribution is -0.120. The monoisotopic (exact) mass is 407 g/mol. The number of nitrogens with zero attached hydrogens (tertiary/aromatic N) is 2. The fourth-order valence-corrected chi connectivity index (χ4v) is 3.79. The zero-order valence-corrected chi connectivity index (χ0v) is 18.4. The van der Waals surface area contributed by atoms with Crippen molar-refractivity contribution >= 4 is 17.7 Å². The number of nitrogens with one attached hydrogen (secondary N) is 1. The van der Waals surface area contributed by atoms with Crippen molar-refractivity contribution in [2.75, 3.05) is 20.0 Å². The summed E-state index contributed by atoms with van der Waals surface area (Å²) >= 11 is 1.21. The summed E-state index contributed by atoms with van der Waals surface area (Å²) < 4.78 is 16.2. The van der Waals surface area contributed by atoms with Gasteiger partial charge in [0.1, 0.15) is 11.5 Å². The number of hydrogen-bond acceptors (Lipinski definition) is 7. The van der Waals surface area contributed by atoms with Crippen LogP contribution in [-0.4, -0.2) is 41.6 Å². The van der Waals surface area contributed by atoms with Crippen LogP contribution in [0.1, 0.15) is 41.0 Å². The lowest BCUT2D eigenvalue weighted by Crippen LogP contribution is -2.46. The highest BCUT2D eigenvalue weighted by atomic mass is 32.2. The van der Waals surface area contributed by atoms with Crippen molar-refractivity contribution in [1.29, 1.82) is 0 Å². The molecule has 0 aliphatic heterocycles. The van der Waals surface area contributed by atoms with Crippen molar-refractivity contribution in [2.24, 2.45) is 5.41 Å². The topological polar surface area (TPSA) is 86.5 Å². The van der Waals surface area contributed by atoms with Gasteiger partial charge in [0, 0.05) is 17.2 Å². The molecule has 1 heterocycles. The van der Waals surface area contributed by atoms with E-state index in [1.807, 2.05) is 13.8 Å². The van der Waals surface area contributed by atoms with E-state index in [1.54, 1.807) is 32.4 Å². The largest absolute Gasteiger partial charge is 0.497 e. The molecule has 0 aliphatic rings. The summed E-state index contributed by atoms with van der Waals surface area (Å²) in [5.41, 5.74) is 0.530. The first-order valence-corrected chi connectivity index (χ1v) is 10.0. The minimum Gasteiger partial charge on any atom is -0.497 e. The van der Waals surface area contributed by atoms with Gasteiger partial charge in [-0.1, -0.05) is 32.5 Å². The third kappa shape index (κ3) is 6.74. The average molecular weight is 408 g/mol. The Bertz CT molecular complexity index is 790. The maximum atomic E-state index is 12.3. The minimum atomic E-state index is -0.285. The van der Waals surface area contributed by atoms with E-state index >= 15 is 0 Å². The Morgan fingerprint density at radius 2 is 1.68 bits per heavy atom. The zero-order chi connectivity index (χ0) is 20.9. The molecule has 0 saturated carbocycles. The summed E-state index contributed by atoms with van der Waals surface area (Å²) in [6.07, 6.45) is 0.874. The molecule has 0 fully saturated rings. The second-order valence-corrected chi connectivity index (χ2v) is 9.36. The molecule has 0 bridgehead atoms. The van der Waals surface area contributed by atoms with Gasteiger partial charge in [0.25, 0.3) is 5.22 Å². The number of thioether (sulfide) groups is 1. The van der Waals surface area contributed by atoms with Crippen LogP contribution in [0.15, 0.2) is 27.8 Å². The Labute approximate surface area is 170 Å². The molecule has 154 valence electrons. The number of carbonyl (C=O) groups is 1. The lowest BCUT2D eigenvalue weighted by atomic mass is 9.82. The van der Waals surface area contributed by atoms with E-state index in [1.165, 1.54) is 11.8 Å². The molecule has 7 nitrogen and oxygen atoms in total. The molecule has 1 amide bonds. The van der Waals surface area contributed by atoms with Gasteiger partial charge < -0.3 is 19.2 Å². The summed E-state index contributed by atoms with van der Waals surface area (Å²) in [7, 11) is 3.15. The fraction of sp³-hybridized carbons (Fsp3) is 0.550. The predicted octanol–water partition coefficient (Wildman–Crippen LogP) is 4.18. The Morgan fingerprint density at radius 1 is 1.07 bits per heavy atom. The number of ether oxygens (including phenoxy) is 2. The SMILES string of the molecule is COc1cc(OC)cc(-c2nnc(SCC(=O)NC(C)(C)CC(C)(C)C)o2)c1. The Kier molecular flexibility index (Phi) is 6.98. The van der Waals surface area contributed by atoms with Gasteiger partial charge in [-0.05, 0) is 37.8 Å². The van der Waals surface area contributed by atoms with Gasteiger partial charge in [-0.2, -0.15) is 0 Å². The number of methoxy groups -OCH3 is 2. The highest BCUT2D eigenvalue weighted by Gasteiger charge is 2.27. The third-order valence-electron chi connectivity index (χ3n) is 3.78. The molecular formula is C20H29N3O4S. The highest BCUT2D eigenvalue weighted by molar-refractivity contribution is 7.99. The van der Waals surface area contributed by atoms with Crippen molar-refractivity contribution in [1.82, 2.24) is 15.5 Å². The molecule has 28 heavy (non-hydrogen) atoms. The molecular weight excluding hydrogens is 378 g/mol. The van der Waals surface area contributed by atoms with E-state index in [9.17, 15) is 4.79 Å². The van der Waals surface area contributed by atoms with E-state index in [0.29, 0.717) is 28.2 Å². The van der Waals surface area contributed by atoms with Crippen molar-refractivity contribution in [2.45, 2.75) is 51.8 Å². The molecule has 0 aliphatic carbocycles. The summed E-state index contributed by atoms with van der Waals surface area (Å²) in [5.74, 6) is 1.73. The van der Waals surface area contributed by atoms with Crippen molar-refractivity contribution in [3.63, 3.8) is 0 Å². The highest BCUT2D eigenvalue weighted by Crippen LogP contribution is 2.31. The number of carbonyl (C=O) groups excluding carboxylic acids is 1. The number of aromatic nitrogens is 2. The van der Waals surface area contributed by atoms with Gasteiger partial charge in [0.2, 0.25) is 11.8 Å². The molecule has 0 unspecified atom stereocenters. The van der Waals surface area contributed by atoms with Crippen molar-refractivity contribution < 1.29 is 18.7 Å². The van der Waals surface area contributed by atoms with Crippen LogP contribution in [0.5, 0.6) is 11.5 Å². The van der Waals surface area contributed by atoms with Gasteiger partial charge in [-0.3, -0.25) is 4.79 Å². The number of benzene rings is 1. The van der Waals surface area contributed by atoms with Crippen LogP contribution in [-0.2, 0) is 4.79 Å². The second kappa shape index (κ2) is 8.86. The minimum absolute atomic E-state index is 0.0675. The van der Waals surface area contributed by atoms with Gasteiger partial charge >= 0.3 is 0 Å². The van der Waals surface area contributed by atoms with Crippen LogP contribution >= 0.6 is 11.8 Å². The summed E-state index contributed by atoms with van der Waals surface area (Å²) in [5, 5.41) is 11.5. The Balaban J connectivity index is 1.99. The quantitative estimate of drug-likeness (QED) is 0.657. The fourth-order valence-electron chi connectivity index (χ4n) is 3.23. The van der Waals surface area contributed by atoms with Gasteiger partial charge in [-0.25, -0.2) is 0 Å². The van der Waals surface area contributed by atoms with E-state index in [2.05, 4.69) is 36.3 Å². The second-order valence-electron chi connectivity index (χ2n) is 8.43. The summed E-state index contributed by atoms with van der Waals surface area (Å²) in [6.45, 7) is 10.5. The van der Waals surface area contributed by atoms with Crippen LogP contribution in [0.25, 0.3) is 11.5 Å². The Morgan fingerprint density at radius 3 is 2.21 bits per heavy atom. The first-order chi connectivity index (χ1) is 13.0. The zero-order valence-electron chi connectivity index (χ0n) is 17.6. The van der Waals surface area contributed by atoms with E-state index in [0.717, 1.165) is 6.42 Å². The van der Waals surface area contributed by atoms with Gasteiger partial charge in [-0.15, -0.1) is 10.2 Å². The van der Waals surface area contributed by atoms with Crippen LogP contribution in [0.4, 0.5) is 0 Å². The van der Waals surface area contributed by atoms with Crippen molar-refractivity contribution in [3.8, 4) is 23.0 Å². The third-order valence-corrected chi connectivity index (χ3v) is 4.60. The molecule has 2 rings (SSSR count). The first-order valence-electron chi connectivity index (χ1n) is 9.02. The summed E-state index contributed by atoms with van der Waals surface area (Å²) in [4.78, 5) is 12.3. The van der Waals surface area contributed by atoms with Crippen LogP contribution < -0.4 is 14.8 Å². The van der Waals surface area contributed by atoms with E-state index in [-0.39, 0.29) is 22.6 Å². The van der Waals surface area contributed by atoms with Gasteiger partial charge in [0.05, 0.1) is 20.0 Å². The lowest BCUT2D eigenvalue weighted by Gasteiger charge is -2.33. The standard InChI is InChI=1S/C20H29N3O4S/c1-19(2,3)12-20(4,5)21-16(24)11-28-18-23-22-17(27-18)13-8-14(25-6)10-15(9-13)26-7/h8-10H,11-12H2,1-7H3,(H,21,24). The smallest absolute Gasteiger partial charge is 0.277 e. The molecule has 1 N–H and O–H groups in total. The number of rotatable bonds is 8. The molecule has 0 spiro atoms. The molecule has 1 aromatic carbocycles. The van der Waals surface area contributed by atoms with Gasteiger partial charge in [0.15, 0.2) is 0 Å². The van der Waals surface area contributed by atoms with E-state index < -0.39 is 0 Å². The molecule has 0 saturated heterocycles. The van der Waals surface area contributed by atoms with E-state index in [4.69, 9.17) is 13.9 Å². The van der Waals surface area contributed by atoms with Crippen LogP contribution in [0.3, 0.4) is 0 Å². The molecule has 0 atom stereocenters. The maximum Gasteiger partial charge on any atom is 0.277 e. The first kappa shape index (κ1) is 22.1. The molecule has 0 radical (unpaired) electrons. The molecule has 8 heteroatoms. The number of amides is 1. The molecule has 1 aromatic heterocycles. The van der Waals surface area contributed by atoms with Crippen LogP contribution in [0, 0.1) is 5.41 Å². The van der Waals surface area contributed by atoms with Crippen molar-refractivity contribution in [3.05, 3.63) is 18.2 Å². The Hall–Kier alpha value is -2.22. The number of hydrogen-bond donors (Lipinski definition) is 1. The maximum absolute atomic E-state index is 12.3. The molecule has 2 aromatic rings. The summed E-state index contributed by atoms with van der Waals surface area (Å²) in [6, 6.07) is 5.33. The predicted molar refractivity (Wildman–Crippen MR) is 110 cm³/mol. The normalized spacial score (nSPS) is 12.0.